The number of fused-ring (bicyclic) bond motifs is 1. The number of hydrogen-bond donors (Lipinski definition) is 2. The molecule has 0 saturated carbocycles. The molecule has 3 heterocycles. The Labute approximate surface area is 119 Å². The molecule has 0 aliphatic heterocycles. The van der Waals surface area contributed by atoms with Crippen molar-refractivity contribution < 1.29 is 9.90 Å². The van der Waals surface area contributed by atoms with E-state index in [-0.39, 0.29) is 5.69 Å². The van der Waals surface area contributed by atoms with Crippen molar-refractivity contribution >= 4 is 49.7 Å². The molecular weight excluding hydrogens is 332 g/mol. The molecule has 0 bridgehead atoms. The minimum Gasteiger partial charge on any atom is -0.476 e. The van der Waals surface area contributed by atoms with Crippen LogP contribution in [0.4, 0.5) is 10.8 Å². The zero-order chi connectivity index (χ0) is 13.4. The van der Waals surface area contributed by atoms with Gasteiger partial charge in [0, 0.05) is 0 Å². The SMILES string of the molecule is O=C(O)c1cn2nc(Nc3ccc(Br)s3)ccc2n1. The minimum atomic E-state index is -1.07. The summed E-state index contributed by atoms with van der Waals surface area (Å²) >= 11 is 4.93. The molecular formula is C11H7BrN4O2S. The third kappa shape index (κ3) is 2.45. The molecule has 0 amide bonds. The van der Waals surface area contributed by atoms with Gasteiger partial charge in [-0.15, -0.1) is 16.4 Å². The first-order chi connectivity index (χ1) is 9.11. The molecule has 0 spiro atoms. The fourth-order valence-electron chi connectivity index (χ4n) is 1.56. The number of aromatic carboxylic acids is 1. The average molecular weight is 339 g/mol. The van der Waals surface area contributed by atoms with Gasteiger partial charge in [0.1, 0.15) is 0 Å². The maximum atomic E-state index is 10.8. The molecule has 6 nitrogen and oxygen atoms in total. The van der Waals surface area contributed by atoms with Crippen LogP contribution in [0.25, 0.3) is 5.65 Å². The van der Waals surface area contributed by atoms with Crippen LogP contribution < -0.4 is 5.32 Å². The van der Waals surface area contributed by atoms with Crippen LogP contribution in [0.1, 0.15) is 10.5 Å². The molecule has 0 radical (unpaired) electrons. The Bertz CT molecular complexity index is 767. The molecule has 0 aromatic carbocycles. The molecule has 2 N–H and O–H groups in total. The van der Waals surface area contributed by atoms with Gasteiger partial charge in [-0.05, 0) is 40.2 Å². The van der Waals surface area contributed by atoms with Gasteiger partial charge in [0.2, 0.25) is 0 Å². The van der Waals surface area contributed by atoms with Crippen LogP contribution in [0, 0.1) is 0 Å². The maximum Gasteiger partial charge on any atom is 0.356 e. The Balaban J connectivity index is 1.94. The highest BCUT2D eigenvalue weighted by Crippen LogP contribution is 2.28. The lowest BCUT2D eigenvalue weighted by molar-refractivity contribution is 0.0691. The molecule has 19 heavy (non-hydrogen) atoms. The molecule has 0 atom stereocenters. The summed E-state index contributed by atoms with van der Waals surface area (Å²) in [5, 5.41) is 17.2. The molecule has 3 rings (SSSR count). The molecule has 0 aliphatic rings. The Morgan fingerprint density at radius 3 is 2.89 bits per heavy atom. The van der Waals surface area contributed by atoms with Crippen molar-refractivity contribution in [2.45, 2.75) is 0 Å². The van der Waals surface area contributed by atoms with Crippen LogP contribution in [0.5, 0.6) is 0 Å². The largest absolute Gasteiger partial charge is 0.476 e. The van der Waals surface area contributed by atoms with E-state index < -0.39 is 5.97 Å². The number of carboxylic acid groups (broad SMARTS) is 1. The third-order valence-electron chi connectivity index (χ3n) is 2.36. The molecule has 3 aromatic rings. The summed E-state index contributed by atoms with van der Waals surface area (Å²) in [5.41, 5.74) is 0.471. The van der Waals surface area contributed by atoms with Gasteiger partial charge in [-0.25, -0.2) is 14.3 Å². The number of anilines is 2. The number of nitrogens with zero attached hydrogens (tertiary/aromatic N) is 3. The van der Waals surface area contributed by atoms with E-state index in [1.54, 1.807) is 23.5 Å². The summed E-state index contributed by atoms with van der Waals surface area (Å²) in [6.07, 6.45) is 1.38. The van der Waals surface area contributed by atoms with Crippen LogP contribution in [-0.4, -0.2) is 25.7 Å². The normalized spacial score (nSPS) is 10.8. The molecule has 96 valence electrons. The van der Waals surface area contributed by atoms with Crippen molar-refractivity contribution in [1.29, 1.82) is 0 Å². The van der Waals surface area contributed by atoms with Crippen molar-refractivity contribution in [3.05, 3.63) is 39.9 Å². The topological polar surface area (TPSA) is 79.5 Å². The summed E-state index contributed by atoms with van der Waals surface area (Å²) in [4.78, 5) is 14.8. The van der Waals surface area contributed by atoms with Gasteiger partial charge in [-0.2, -0.15) is 0 Å². The van der Waals surface area contributed by atoms with E-state index in [1.807, 2.05) is 12.1 Å². The number of carboxylic acids is 1. The smallest absolute Gasteiger partial charge is 0.356 e. The van der Waals surface area contributed by atoms with E-state index in [9.17, 15) is 4.79 Å². The van der Waals surface area contributed by atoms with E-state index in [4.69, 9.17) is 5.11 Å². The Hall–Kier alpha value is -1.93. The number of thiophene rings is 1. The molecule has 0 aliphatic carbocycles. The van der Waals surface area contributed by atoms with Gasteiger partial charge in [-0.1, -0.05) is 0 Å². The molecule has 0 fully saturated rings. The minimum absolute atomic E-state index is 0.0245. The van der Waals surface area contributed by atoms with Gasteiger partial charge < -0.3 is 10.4 Å². The number of imidazole rings is 1. The molecule has 3 aromatic heterocycles. The lowest BCUT2D eigenvalue weighted by atomic mass is 10.5. The van der Waals surface area contributed by atoms with Gasteiger partial charge >= 0.3 is 5.97 Å². The standard InChI is InChI=1S/C11H7BrN4O2S/c12-7-1-4-10(19-7)14-8-2-3-9-13-6(11(17)18)5-16(9)15-8/h1-5H,(H,14,15)(H,17,18). The van der Waals surface area contributed by atoms with E-state index in [2.05, 4.69) is 31.3 Å². The number of hydrogen-bond acceptors (Lipinski definition) is 5. The Morgan fingerprint density at radius 2 is 2.21 bits per heavy atom. The first kappa shape index (κ1) is 12.1. The highest BCUT2D eigenvalue weighted by Gasteiger charge is 2.09. The molecule has 0 saturated heterocycles. The van der Waals surface area contributed by atoms with Crippen LogP contribution in [-0.2, 0) is 0 Å². The fourth-order valence-corrected chi connectivity index (χ4v) is 2.85. The quantitative estimate of drug-likeness (QED) is 0.767. The Kier molecular flexibility index (Phi) is 2.96. The second-order valence-corrected chi connectivity index (χ2v) is 6.14. The summed E-state index contributed by atoms with van der Waals surface area (Å²) in [5.74, 6) is -0.446. The van der Waals surface area contributed by atoms with Gasteiger partial charge in [-0.3, -0.25) is 0 Å². The lowest BCUT2D eigenvalue weighted by Crippen LogP contribution is -1.97. The predicted molar refractivity (Wildman–Crippen MR) is 75.2 cm³/mol. The van der Waals surface area contributed by atoms with Gasteiger partial charge in [0.25, 0.3) is 0 Å². The summed E-state index contributed by atoms with van der Waals surface area (Å²) in [7, 11) is 0. The van der Waals surface area contributed by atoms with E-state index in [0.29, 0.717) is 11.5 Å². The van der Waals surface area contributed by atoms with Crippen molar-refractivity contribution in [1.82, 2.24) is 14.6 Å². The van der Waals surface area contributed by atoms with Crippen LogP contribution in [0.15, 0.2) is 34.2 Å². The van der Waals surface area contributed by atoms with Crippen molar-refractivity contribution in [3.63, 3.8) is 0 Å². The fraction of sp³-hybridized carbons (Fsp3) is 0. The van der Waals surface area contributed by atoms with Crippen LogP contribution in [0.3, 0.4) is 0 Å². The summed E-state index contributed by atoms with van der Waals surface area (Å²) in [6.45, 7) is 0. The number of aromatic nitrogens is 3. The maximum absolute atomic E-state index is 10.8. The average Bonchev–Trinajstić information content (AvgIpc) is 2.95. The predicted octanol–water partition coefficient (Wildman–Crippen LogP) is 3.00. The number of nitrogens with one attached hydrogen (secondary N) is 1. The van der Waals surface area contributed by atoms with Gasteiger partial charge in [0.15, 0.2) is 17.2 Å². The van der Waals surface area contributed by atoms with Crippen LogP contribution >= 0.6 is 27.3 Å². The highest BCUT2D eigenvalue weighted by atomic mass is 79.9. The first-order valence-corrected chi connectivity index (χ1v) is 6.85. The van der Waals surface area contributed by atoms with Crippen molar-refractivity contribution in [3.8, 4) is 0 Å². The molecule has 8 heteroatoms. The number of halogens is 1. The van der Waals surface area contributed by atoms with Crippen molar-refractivity contribution in [2.24, 2.45) is 0 Å². The summed E-state index contributed by atoms with van der Waals surface area (Å²) in [6, 6.07) is 7.33. The zero-order valence-corrected chi connectivity index (χ0v) is 11.8. The van der Waals surface area contributed by atoms with Gasteiger partial charge in [0.05, 0.1) is 15.0 Å². The second kappa shape index (κ2) is 4.63. The van der Waals surface area contributed by atoms with Crippen LogP contribution in [0.2, 0.25) is 0 Å². The summed E-state index contributed by atoms with van der Waals surface area (Å²) < 4.78 is 2.46. The lowest BCUT2D eigenvalue weighted by Gasteiger charge is -2.02. The first-order valence-electron chi connectivity index (χ1n) is 5.24. The zero-order valence-electron chi connectivity index (χ0n) is 9.37. The highest BCUT2D eigenvalue weighted by molar-refractivity contribution is 9.11. The van der Waals surface area contributed by atoms with E-state index >= 15 is 0 Å². The number of rotatable bonds is 3. The van der Waals surface area contributed by atoms with E-state index in [0.717, 1.165) is 8.79 Å². The number of carbonyl (C=O) groups is 1. The second-order valence-electron chi connectivity index (χ2n) is 3.68. The van der Waals surface area contributed by atoms with E-state index in [1.165, 1.54) is 10.7 Å². The van der Waals surface area contributed by atoms with Crippen molar-refractivity contribution in [2.75, 3.05) is 5.32 Å². The third-order valence-corrected chi connectivity index (χ3v) is 3.90. The Morgan fingerprint density at radius 1 is 1.37 bits per heavy atom. The monoisotopic (exact) mass is 338 g/mol. The molecule has 0 unspecified atom stereocenters.